The molecule has 2 aromatic rings. The Labute approximate surface area is 208 Å². The molecule has 2 heteroatoms. The molecule has 3 rings (SSSR count). The summed E-state index contributed by atoms with van der Waals surface area (Å²) in [7, 11) is 0. The number of nitriles is 1. The molecule has 0 amide bonds. The van der Waals surface area contributed by atoms with Gasteiger partial charge < -0.3 is 4.74 Å². The number of ether oxygens (including phenoxy) is 1. The number of hydrogen-bond donors (Lipinski definition) is 0. The molecule has 1 saturated carbocycles. The molecule has 0 N–H and O–H groups in total. The summed E-state index contributed by atoms with van der Waals surface area (Å²) in [5.41, 5.74) is 3.97. The van der Waals surface area contributed by atoms with Crippen LogP contribution in [-0.2, 0) is 0 Å². The number of rotatable bonds is 14. The van der Waals surface area contributed by atoms with E-state index in [1.54, 1.807) is 0 Å². The van der Waals surface area contributed by atoms with Crippen molar-refractivity contribution in [2.75, 3.05) is 6.61 Å². The van der Waals surface area contributed by atoms with E-state index in [2.05, 4.69) is 68.4 Å². The molecule has 1 unspecified atom stereocenters. The van der Waals surface area contributed by atoms with E-state index in [0.29, 0.717) is 11.8 Å². The Hall–Kier alpha value is -2.27. The first-order chi connectivity index (χ1) is 16.7. The molecular formula is C32H45NO. The van der Waals surface area contributed by atoms with Gasteiger partial charge in [-0.05, 0) is 79.2 Å². The fourth-order valence-electron chi connectivity index (χ4n) is 5.46. The maximum Gasteiger partial charge on any atom is 0.119 e. The standard InChI is InChI=1S/C32H45NO/c1-3-5-7-8-9-11-31(25-33)30-18-16-27(17-19-30)26-12-14-28(15-13-26)29-20-22-32(23-21-29)34-24-10-6-4-2/h12-15,20-23,27,30-31H,3-11,16-19,24H2,1-2H3/t27-,30-,31?. The van der Waals surface area contributed by atoms with Gasteiger partial charge in [0.05, 0.1) is 12.7 Å². The predicted octanol–water partition coefficient (Wildman–Crippen LogP) is 9.70. The second kappa shape index (κ2) is 14.9. The van der Waals surface area contributed by atoms with Crippen LogP contribution in [0.15, 0.2) is 48.5 Å². The maximum atomic E-state index is 9.73. The van der Waals surface area contributed by atoms with Gasteiger partial charge in [0.1, 0.15) is 5.75 Å². The van der Waals surface area contributed by atoms with Crippen LogP contribution < -0.4 is 4.74 Å². The van der Waals surface area contributed by atoms with E-state index in [1.165, 1.54) is 87.3 Å². The predicted molar refractivity (Wildman–Crippen MR) is 144 cm³/mol. The Kier molecular flexibility index (Phi) is 11.5. The second-order valence-corrected chi connectivity index (χ2v) is 10.3. The van der Waals surface area contributed by atoms with Gasteiger partial charge in [0, 0.05) is 5.92 Å². The van der Waals surface area contributed by atoms with Crippen molar-refractivity contribution in [3.05, 3.63) is 54.1 Å². The zero-order chi connectivity index (χ0) is 24.0. The topological polar surface area (TPSA) is 33.0 Å². The van der Waals surface area contributed by atoms with E-state index >= 15 is 0 Å². The number of nitrogens with zero attached hydrogens (tertiary/aromatic N) is 1. The van der Waals surface area contributed by atoms with Crippen LogP contribution in [-0.4, -0.2) is 6.61 Å². The third kappa shape index (κ3) is 8.19. The highest BCUT2D eigenvalue weighted by atomic mass is 16.5. The van der Waals surface area contributed by atoms with E-state index < -0.39 is 0 Å². The minimum atomic E-state index is 0.267. The van der Waals surface area contributed by atoms with Gasteiger partial charge in [-0.1, -0.05) is 95.2 Å². The van der Waals surface area contributed by atoms with Gasteiger partial charge >= 0.3 is 0 Å². The van der Waals surface area contributed by atoms with Gasteiger partial charge in [0.15, 0.2) is 0 Å². The van der Waals surface area contributed by atoms with Crippen LogP contribution in [0, 0.1) is 23.2 Å². The van der Waals surface area contributed by atoms with Crippen molar-refractivity contribution in [3.8, 4) is 22.9 Å². The van der Waals surface area contributed by atoms with Crippen LogP contribution >= 0.6 is 0 Å². The summed E-state index contributed by atoms with van der Waals surface area (Å²) < 4.78 is 5.85. The molecule has 1 atom stereocenters. The van der Waals surface area contributed by atoms with E-state index in [9.17, 15) is 5.26 Å². The van der Waals surface area contributed by atoms with Gasteiger partial charge in [-0.15, -0.1) is 0 Å². The molecule has 0 spiro atoms. The van der Waals surface area contributed by atoms with E-state index in [0.717, 1.165) is 25.2 Å². The normalized spacial score (nSPS) is 18.9. The third-order valence-corrected chi connectivity index (χ3v) is 7.71. The minimum Gasteiger partial charge on any atom is -0.494 e. The van der Waals surface area contributed by atoms with E-state index in [-0.39, 0.29) is 5.92 Å². The number of benzene rings is 2. The first kappa shape index (κ1) is 26.3. The van der Waals surface area contributed by atoms with Crippen molar-refractivity contribution < 1.29 is 4.74 Å². The van der Waals surface area contributed by atoms with Gasteiger partial charge in [-0.2, -0.15) is 5.26 Å². The zero-order valence-corrected chi connectivity index (χ0v) is 21.6. The van der Waals surface area contributed by atoms with Crippen LogP contribution in [0.1, 0.15) is 109 Å². The second-order valence-electron chi connectivity index (χ2n) is 10.3. The summed E-state index contributed by atoms with van der Waals surface area (Å²) in [5, 5.41) is 9.73. The fourth-order valence-corrected chi connectivity index (χ4v) is 5.46. The molecule has 1 aliphatic rings. The van der Waals surface area contributed by atoms with Crippen molar-refractivity contribution in [1.29, 1.82) is 5.26 Å². The highest BCUT2D eigenvalue weighted by Crippen LogP contribution is 2.40. The highest BCUT2D eigenvalue weighted by molar-refractivity contribution is 5.64. The fraction of sp³-hybridized carbons (Fsp3) is 0.594. The maximum absolute atomic E-state index is 9.73. The first-order valence-electron chi connectivity index (χ1n) is 14.0. The Balaban J connectivity index is 1.46. The molecule has 0 heterocycles. The smallest absolute Gasteiger partial charge is 0.119 e. The zero-order valence-electron chi connectivity index (χ0n) is 21.6. The van der Waals surface area contributed by atoms with E-state index in [4.69, 9.17) is 4.74 Å². The molecule has 1 fully saturated rings. The summed E-state index contributed by atoms with van der Waals surface area (Å²) in [6, 6.07) is 20.4. The monoisotopic (exact) mass is 459 g/mol. The van der Waals surface area contributed by atoms with Crippen LogP contribution in [0.3, 0.4) is 0 Å². The first-order valence-corrected chi connectivity index (χ1v) is 14.0. The molecule has 0 aliphatic heterocycles. The van der Waals surface area contributed by atoms with Gasteiger partial charge in [-0.3, -0.25) is 0 Å². The van der Waals surface area contributed by atoms with Gasteiger partial charge in [-0.25, -0.2) is 0 Å². The van der Waals surface area contributed by atoms with Crippen molar-refractivity contribution >= 4 is 0 Å². The summed E-state index contributed by atoms with van der Waals surface area (Å²) in [6.45, 7) is 5.28. The molecule has 34 heavy (non-hydrogen) atoms. The van der Waals surface area contributed by atoms with Crippen LogP contribution in [0.5, 0.6) is 5.75 Å². The quantitative estimate of drug-likeness (QED) is 0.263. The van der Waals surface area contributed by atoms with Crippen molar-refractivity contribution in [2.45, 2.75) is 103 Å². The summed E-state index contributed by atoms with van der Waals surface area (Å²) >= 11 is 0. The molecule has 1 aliphatic carbocycles. The molecule has 0 bridgehead atoms. The van der Waals surface area contributed by atoms with Crippen LogP contribution in [0.4, 0.5) is 0 Å². The summed E-state index contributed by atoms with van der Waals surface area (Å²) in [6.07, 6.45) is 16.0. The minimum absolute atomic E-state index is 0.267. The van der Waals surface area contributed by atoms with Crippen molar-refractivity contribution in [2.24, 2.45) is 11.8 Å². The Morgan fingerprint density at radius 1 is 0.765 bits per heavy atom. The van der Waals surface area contributed by atoms with Crippen LogP contribution in [0.2, 0.25) is 0 Å². The molecule has 2 nitrogen and oxygen atoms in total. The molecular weight excluding hydrogens is 414 g/mol. The Morgan fingerprint density at radius 2 is 1.35 bits per heavy atom. The average molecular weight is 460 g/mol. The lowest BCUT2D eigenvalue weighted by atomic mass is 9.73. The van der Waals surface area contributed by atoms with E-state index in [1.807, 2.05) is 0 Å². The van der Waals surface area contributed by atoms with Gasteiger partial charge in [0.25, 0.3) is 0 Å². The molecule has 0 saturated heterocycles. The largest absolute Gasteiger partial charge is 0.494 e. The van der Waals surface area contributed by atoms with Crippen LogP contribution in [0.25, 0.3) is 11.1 Å². The number of unbranched alkanes of at least 4 members (excludes halogenated alkanes) is 6. The summed E-state index contributed by atoms with van der Waals surface area (Å²) in [4.78, 5) is 0. The van der Waals surface area contributed by atoms with Crippen molar-refractivity contribution in [3.63, 3.8) is 0 Å². The highest BCUT2D eigenvalue weighted by Gasteiger charge is 2.28. The average Bonchev–Trinajstić information content (AvgIpc) is 2.89. The summed E-state index contributed by atoms with van der Waals surface area (Å²) in [5.74, 6) is 2.48. The lowest BCUT2D eigenvalue weighted by Crippen LogP contribution is -2.20. The molecule has 2 aromatic carbocycles. The Bertz CT molecular complexity index is 840. The lowest BCUT2D eigenvalue weighted by molar-refractivity contribution is 0.256. The molecule has 184 valence electrons. The molecule has 0 radical (unpaired) electrons. The molecule has 0 aromatic heterocycles. The SMILES string of the molecule is CCCCCCCC(C#N)[C@H]1CC[C@H](c2ccc(-c3ccc(OCCCCC)cc3)cc2)CC1. The lowest BCUT2D eigenvalue weighted by Gasteiger charge is -2.31. The Morgan fingerprint density at radius 3 is 1.97 bits per heavy atom. The van der Waals surface area contributed by atoms with Crippen molar-refractivity contribution in [1.82, 2.24) is 0 Å². The third-order valence-electron chi connectivity index (χ3n) is 7.71. The van der Waals surface area contributed by atoms with Gasteiger partial charge in [0.2, 0.25) is 0 Å². The number of hydrogen-bond acceptors (Lipinski definition) is 2.